The van der Waals surface area contributed by atoms with Gasteiger partial charge in [-0.1, -0.05) is 43.0 Å². The predicted molar refractivity (Wildman–Crippen MR) is 99.0 cm³/mol. The van der Waals surface area contributed by atoms with Crippen molar-refractivity contribution in [1.82, 2.24) is 19.6 Å². The Morgan fingerprint density at radius 2 is 2.21 bits per heavy atom. The lowest BCUT2D eigenvalue weighted by Gasteiger charge is -2.05. The number of fused-ring (bicyclic) bond motifs is 1. The Morgan fingerprint density at radius 3 is 3.00 bits per heavy atom. The van der Waals surface area contributed by atoms with Crippen molar-refractivity contribution in [1.29, 1.82) is 0 Å². The van der Waals surface area contributed by atoms with E-state index in [1.54, 1.807) is 28.4 Å². The molecule has 3 aromatic heterocycles. The van der Waals surface area contributed by atoms with Gasteiger partial charge in [-0.15, -0.1) is 10.2 Å². The average Bonchev–Trinajstić information content (AvgIpc) is 3.00. The Kier molecular flexibility index (Phi) is 5.15. The number of pyridine rings is 1. The van der Waals surface area contributed by atoms with E-state index in [2.05, 4.69) is 34.3 Å². The molecule has 0 fully saturated rings. The van der Waals surface area contributed by atoms with Crippen molar-refractivity contribution >= 4 is 33.9 Å². The van der Waals surface area contributed by atoms with E-state index >= 15 is 0 Å². The molecule has 0 aliphatic rings. The maximum atomic E-state index is 12.2. The van der Waals surface area contributed by atoms with E-state index in [4.69, 9.17) is 0 Å². The summed E-state index contributed by atoms with van der Waals surface area (Å²) < 4.78 is 2.44. The highest BCUT2D eigenvalue weighted by molar-refractivity contribution is 8.00. The van der Waals surface area contributed by atoms with E-state index in [1.807, 2.05) is 19.1 Å². The third-order valence-electron chi connectivity index (χ3n) is 3.35. The summed E-state index contributed by atoms with van der Waals surface area (Å²) in [5.41, 5.74) is 2.39. The molecule has 0 saturated heterocycles. The van der Waals surface area contributed by atoms with Crippen molar-refractivity contribution in [2.24, 2.45) is 5.92 Å². The third kappa shape index (κ3) is 3.93. The van der Waals surface area contributed by atoms with Crippen molar-refractivity contribution in [3.8, 4) is 0 Å². The lowest BCUT2D eigenvalue weighted by atomic mass is 10.2. The van der Waals surface area contributed by atoms with Crippen molar-refractivity contribution < 1.29 is 0 Å². The second-order valence-corrected chi connectivity index (χ2v) is 8.11. The Balaban J connectivity index is 1.72. The van der Waals surface area contributed by atoms with Crippen molar-refractivity contribution in [3.05, 3.63) is 46.0 Å². The van der Waals surface area contributed by atoms with Crippen LogP contribution in [0.3, 0.4) is 0 Å². The van der Waals surface area contributed by atoms with Crippen LogP contribution in [-0.4, -0.2) is 26.1 Å². The Morgan fingerprint density at radius 1 is 1.38 bits per heavy atom. The summed E-state index contributed by atoms with van der Waals surface area (Å²) in [6.07, 6.45) is 1.74. The quantitative estimate of drug-likeness (QED) is 0.680. The van der Waals surface area contributed by atoms with Crippen LogP contribution < -0.4 is 10.9 Å². The molecule has 8 heteroatoms. The van der Waals surface area contributed by atoms with Gasteiger partial charge < -0.3 is 5.32 Å². The molecule has 24 heavy (non-hydrogen) atoms. The second-order valence-electron chi connectivity index (χ2n) is 5.91. The molecule has 0 spiro atoms. The molecule has 0 radical (unpaired) electrons. The van der Waals surface area contributed by atoms with Gasteiger partial charge >= 0.3 is 0 Å². The van der Waals surface area contributed by atoms with Crippen LogP contribution in [0.2, 0.25) is 0 Å². The minimum absolute atomic E-state index is 0.0594. The number of aromatic nitrogens is 4. The molecule has 6 nitrogen and oxygen atoms in total. The first-order valence-corrected chi connectivity index (χ1v) is 9.51. The summed E-state index contributed by atoms with van der Waals surface area (Å²) >= 11 is 3.07. The summed E-state index contributed by atoms with van der Waals surface area (Å²) in [5.74, 6) is 1.15. The van der Waals surface area contributed by atoms with Crippen LogP contribution >= 0.6 is 23.1 Å². The van der Waals surface area contributed by atoms with E-state index in [0.717, 1.165) is 27.3 Å². The van der Waals surface area contributed by atoms with E-state index in [9.17, 15) is 4.79 Å². The van der Waals surface area contributed by atoms with Gasteiger partial charge in [-0.2, -0.15) is 0 Å². The normalized spacial score (nSPS) is 11.3. The maximum Gasteiger partial charge on any atom is 0.258 e. The summed E-state index contributed by atoms with van der Waals surface area (Å²) in [5, 5.41) is 12.4. The van der Waals surface area contributed by atoms with Crippen LogP contribution in [0, 0.1) is 12.8 Å². The standard InChI is InChI=1S/C16H19N5OS2/c1-10(2)8-17-15-19-20-16(24-15)23-9-12-7-13(22)21-6-4-5-11(3)14(21)18-12/h4-7,10H,8-9H2,1-3H3,(H,17,19). The molecule has 0 aliphatic heterocycles. The zero-order valence-corrected chi connectivity index (χ0v) is 15.4. The van der Waals surface area contributed by atoms with Crippen molar-refractivity contribution in [2.45, 2.75) is 30.9 Å². The van der Waals surface area contributed by atoms with Gasteiger partial charge in [0.15, 0.2) is 4.34 Å². The topological polar surface area (TPSA) is 72.2 Å². The van der Waals surface area contributed by atoms with Gasteiger partial charge in [0.2, 0.25) is 5.13 Å². The van der Waals surface area contributed by atoms with Gasteiger partial charge in [-0.05, 0) is 24.5 Å². The number of thioether (sulfide) groups is 1. The largest absolute Gasteiger partial charge is 0.360 e. The zero-order chi connectivity index (χ0) is 17.1. The first-order valence-electron chi connectivity index (χ1n) is 7.71. The second kappa shape index (κ2) is 7.31. The monoisotopic (exact) mass is 361 g/mol. The fourth-order valence-corrected chi connectivity index (χ4v) is 3.80. The van der Waals surface area contributed by atoms with Gasteiger partial charge in [-0.25, -0.2) is 4.98 Å². The SMILES string of the molecule is Cc1cccn2c(=O)cc(CSc3nnc(NCC(C)C)s3)nc12. The molecular formula is C16H19N5OS2. The van der Waals surface area contributed by atoms with Gasteiger partial charge in [0.05, 0.1) is 5.69 Å². The Hall–Kier alpha value is -1.93. The maximum absolute atomic E-state index is 12.2. The summed E-state index contributed by atoms with van der Waals surface area (Å²) in [4.78, 5) is 16.8. The third-order valence-corrected chi connectivity index (χ3v) is 5.40. The molecule has 126 valence electrons. The average molecular weight is 361 g/mol. The number of anilines is 1. The number of hydrogen-bond donors (Lipinski definition) is 1. The molecular weight excluding hydrogens is 342 g/mol. The fraction of sp³-hybridized carbons (Fsp3) is 0.375. The minimum atomic E-state index is -0.0594. The smallest absolute Gasteiger partial charge is 0.258 e. The molecule has 1 N–H and O–H groups in total. The summed E-state index contributed by atoms with van der Waals surface area (Å²) in [6, 6.07) is 5.39. The molecule has 0 saturated carbocycles. The minimum Gasteiger partial charge on any atom is -0.360 e. The number of nitrogens with zero attached hydrogens (tertiary/aromatic N) is 4. The number of aryl methyl sites for hydroxylation is 1. The highest BCUT2D eigenvalue weighted by atomic mass is 32.2. The van der Waals surface area contributed by atoms with Crippen LogP contribution in [0.25, 0.3) is 5.65 Å². The molecule has 0 bridgehead atoms. The van der Waals surface area contributed by atoms with Gasteiger partial charge in [0.1, 0.15) is 5.65 Å². The van der Waals surface area contributed by atoms with E-state index in [0.29, 0.717) is 17.3 Å². The number of rotatable bonds is 6. The van der Waals surface area contributed by atoms with Gasteiger partial charge in [0.25, 0.3) is 5.56 Å². The molecule has 0 unspecified atom stereocenters. The summed E-state index contributed by atoms with van der Waals surface area (Å²) in [6.45, 7) is 7.13. The lowest BCUT2D eigenvalue weighted by Crippen LogP contribution is -2.15. The first kappa shape index (κ1) is 16.9. The molecule has 0 atom stereocenters. The van der Waals surface area contributed by atoms with E-state index < -0.39 is 0 Å². The Labute approximate surface area is 148 Å². The summed E-state index contributed by atoms with van der Waals surface area (Å²) in [7, 11) is 0. The molecule has 3 heterocycles. The van der Waals surface area contributed by atoms with Crippen LogP contribution in [0.15, 0.2) is 33.5 Å². The highest BCUT2D eigenvalue weighted by Gasteiger charge is 2.08. The van der Waals surface area contributed by atoms with Gasteiger partial charge in [0, 0.05) is 24.6 Å². The van der Waals surface area contributed by atoms with Crippen LogP contribution in [0.4, 0.5) is 5.13 Å². The molecule has 0 amide bonds. The Bertz CT molecular complexity index is 903. The highest BCUT2D eigenvalue weighted by Crippen LogP contribution is 2.27. The fourth-order valence-electron chi connectivity index (χ4n) is 2.15. The molecule has 3 rings (SSSR count). The van der Waals surface area contributed by atoms with Crippen LogP contribution in [0.1, 0.15) is 25.1 Å². The lowest BCUT2D eigenvalue weighted by molar-refractivity contribution is 0.687. The predicted octanol–water partition coefficient (Wildman–Crippen LogP) is 3.21. The van der Waals surface area contributed by atoms with E-state index in [-0.39, 0.29) is 5.56 Å². The van der Waals surface area contributed by atoms with Gasteiger partial charge in [-0.3, -0.25) is 9.20 Å². The van der Waals surface area contributed by atoms with E-state index in [1.165, 1.54) is 11.3 Å². The molecule has 0 aromatic carbocycles. The van der Waals surface area contributed by atoms with Crippen LogP contribution in [-0.2, 0) is 5.75 Å². The zero-order valence-electron chi connectivity index (χ0n) is 13.8. The molecule has 3 aromatic rings. The molecule has 0 aliphatic carbocycles. The number of nitrogens with one attached hydrogen (secondary N) is 1. The van der Waals surface area contributed by atoms with Crippen molar-refractivity contribution in [2.75, 3.05) is 11.9 Å². The number of hydrogen-bond acceptors (Lipinski definition) is 7. The van der Waals surface area contributed by atoms with Crippen LogP contribution in [0.5, 0.6) is 0 Å². The first-order chi connectivity index (χ1) is 11.5. The van der Waals surface area contributed by atoms with Crippen molar-refractivity contribution in [3.63, 3.8) is 0 Å².